The van der Waals surface area contributed by atoms with E-state index in [0.29, 0.717) is 123 Å². The van der Waals surface area contributed by atoms with Gasteiger partial charge in [0.1, 0.15) is 33.6 Å². The zero-order valence-electron chi connectivity index (χ0n) is 53.7. The second-order valence-electron chi connectivity index (χ2n) is 27.1. The Labute approximate surface area is 503 Å². The van der Waals surface area contributed by atoms with Crippen LogP contribution < -0.4 is 5.32 Å². The van der Waals surface area contributed by atoms with Gasteiger partial charge in [-0.05, 0) is 125 Å². The average Bonchev–Trinajstić information content (AvgIpc) is 4.11. The van der Waals surface area contributed by atoms with Gasteiger partial charge in [0.2, 0.25) is 0 Å². The van der Waals surface area contributed by atoms with Crippen LogP contribution in [0.15, 0.2) is 0 Å². The summed E-state index contributed by atoms with van der Waals surface area (Å²) in [4.78, 5) is 89.8. The summed E-state index contributed by atoms with van der Waals surface area (Å²) in [5.41, 5.74) is -3.45. The predicted molar refractivity (Wildman–Crippen MR) is 320 cm³/mol. The van der Waals surface area contributed by atoms with Gasteiger partial charge in [0, 0.05) is 117 Å². The number of carbonyl (C=O) groups excluding carboxylic acids is 6. The molecule has 0 amide bonds. The highest BCUT2D eigenvalue weighted by atomic mass is 35.5. The molecule has 3 fully saturated rings. The molecule has 0 aromatic heterocycles. The zero-order chi connectivity index (χ0) is 62.7. The fourth-order valence-electron chi connectivity index (χ4n) is 8.05. The van der Waals surface area contributed by atoms with Crippen molar-refractivity contribution >= 4 is 59.0 Å². The van der Waals surface area contributed by atoms with Gasteiger partial charge < -0.3 is 43.6 Å². The van der Waals surface area contributed by atoms with Crippen molar-refractivity contribution in [2.75, 3.05) is 169 Å². The largest absolute Gasteiger partial charge is 0.459 e. The molecule has 2 unspecified atom stereocenters. The molecule has 82 heavy (non-hydrogen) atoms. The van der Waals surface area contributed by atoms with Crippen molar-refractivity contribution in [3.8, 4) is 0 Å². The summed E-state index contributed by atoms with van der Waals surface area (Å²) in [6.07, 6.45) is -0.302. The lowest BCUT2D eigenvalue weighted by Crippen LogP contribution is -2.50. The van der Waals surface area contributed by atoms with Crippen LogP contribution in [0, 0.1) is 0 Å². The second-order valence-corrected chi connectivity index (χ2v) is 27.8. The Bertz CT molecular complexity index is 1800. The lowest BCUT2D eigenvalue weighted by molar-refractivity contribution is -0.158. The van der Waals surface area contributed by atoms with Crippen molar-refractivity contribution in [2.45, 2.75) is 170 Å². The molecule has 0 bridgehead atoms. The van der Waals surface area contributed by atoms with Gasteiger partial charge in [0.05, 0.1) is 64.0 Å². The maximum Gasteiger partial charge on any atom is 0.320 e. The van der Waals surface area contributed by atoms with E-state index in [9.17, 15) is 33.9 Å². The van der Waals surface area contributed by atoms with Crippen LogP contribution in [-0.4, -0.2) is 290 Å². The van der Waals surface area contributed by atoms with E-state index in [2.05, 4.69) is 10.2 Å². The van der Waals surface area contributed by atoms with E-state index in [-0.39, 0.29) is 81.0 Å². The van der Waals surface area contributed by atoms with Gasteiger partial charge in [-0.1, -0.05) is 0 Å². The van der Waals surface area contributed by atoms with Gasteiger partial charge in [-0.3, -0.25) is 63.1 Å². The third-order valence-electron chi connectivity index (χ3n) is 11.5. The number of carbonyl (C=O) groups is 6. The number of nitrogens with zero attached hydrogens (tertiary/aromatic N) is 7. The number of aliphatic hydroxyl groups excluding tert-OH is 1. The summed E-state index contributed by atoms with van der Waals surface area (Å²) < 4.78 is 38.0. The van der Waals surface area contributed by atoms with E-state index in [1.807, 2.05) is 154 Å². The van der Waals surface area contributed by atoms with Gasteiger partial charge in [-0.25, -0.2) is 0 Å². The molecule has 0 aromatic rings. The fourth-order valence-corrected chi connectivity index (χ4v) is 8.33. The Kier molecular flexibility index (Phi) is 34.6. The predicted octanol–water partition coefficient (Wildman–Crippen LogP) is 3.98. The monoisotopic (exact) mass is 1210 g/mol. The van der Waals surface area contributed by atoms with E-state index >= 15 is 0 Å². The lowest BCUT2D eigenvalue weighted by Gasteiger charge is -2.34. The number of epoxide rings is 1. The highest BCUT2D eigenvalue weighted by Crippen LogP contribution is 2.15. The standard InChI is InChI=1S/C29H55ClN4O7.C26H50N4O6.C3H5ClO/c1-27(2,3)39-24(36)20-32-12-10-31(19-23(35)18-30)11-13-33(21-25(37)40-28(4,5)6)15-17-34(16-14-32)22-26(38)41-29(7,8)9;1-24(2,3)34-21(31)18-28-12-10-27-11-13-29(19-22(32)35-25(4,5)6)15-17-30(16-14-28)20-23(33)36-26(7,8)9;4-1-3-2-5-3/h23,35H,10-22H2,1-9H3;27H,10-20H2,1-9H3;3H,1-2H2. The van der Waals surface area contributed by atoms with Crippen LogP contribution >= 0.6 is 23.2 Å². The zero-order valence-corrected chi connectivity index (χ0v) is 55.2. The smallest absolute Gasteiger partial charge is 0.320 e. The van der Waals surface area contributed by atoms with Crippen molar-refractivity contribution in [3.05, 3.63) is 0 Å². The van der Waals surface area contributed by atoms with Crippen LogP contribution in [0.2, 0.25) is 0 Å². The lowest BCUT2D eigenvalue weighted by atomic mass is 10.2. The summed E-state index contributed by atoms with van der Waals surface area (Å²) in [6, 6.07) is 0. The van der Waals surface area contributed by atoms with Gasteiger partial charge in [-0.2, -0.15) is 0 Å². The maximum atomic E-state index is 12.7. The first-order valence-corrected chi connectivity index (χ1v) is 30.2. The molecule has 22 nitrogen and oxygen atoms in total. The minimum absolute atomic E-state index is 0.0892. The third kappa shape index (κ3) is 44.5. The Morgan fingerprint density at radius 3 is 0.756 bits per heavy atom. The molecular formula is C58H110Cl2N8O14. The number of rotatable bonds is 16. The molecule has 2 atom stereocenters. The van der Waals surface area contributed by atoms with E-state index in [1.54, 1.807) is 0 Å². The SMILES string of the molecule is CC(C)(C)OC(=O)CN1CCN(CC(=O)OC(C)(C)C)CCN(CC(O)CCl)CCN(CC(=O)OC(C)(C)C)CC1.CC(C)(C)OC(=O)CN1CCNCCN(CC(=O)OC(C)(C)C)CCN(CC(=O)OC(C)(C)C)CC1.ClCC1CO1. The molecule has 0 aromatic carbocycles. The first kappa shape index (κ1) is 77.0. The molecule has 0 aliphatic carbocycles. The molecule has 3 rings (SSSR count). The average molecular weight is 1210 g/mol. The minimum atomic E-state index is -0.701. The maximum absolute atomic E-state index is 12.7. The normalized spacial score (nSPS) is 19.8. The fraction of sp³-hybridized carbons (Fsp3) is 0.897. The second kappa shape index (κ2) is 36.9. The van der Waals surface area contributed by atoms with Crippen molar-refractivity contribution in [1.29, 1.82) is 0 Å². The molecule has 24 heteroatoms. The van der Waals surface area contributed by atoms with Crippen molar-refractivity contribution in [1.82, 2.24) is 39.6 Å². The molecule has 3 aliphatic rings. The topological polar surface area (TPSA) is 225 Å². The Balaban J connectivity index is 0.000000757. The molecule has 480 valence electrons. The Hall–Kier alpha value is -3.00. The number of esters is 6. The molecule has 0 radical (unpaired) electrons. The van der Waals surface area contributed by atoms with Crippen molar-refractivity contribution in [2.24, 2.45) is 0 Å². The van der Waals surface area contributed by atoms with Crippen LogP contribution in [0.25, 0.3) is 0 Å². The highest BCUT2D eigenvalue weighted by Gasteiger charge is 2.28. The van der Waals surface area contributed by atoms with Crippen molar-refractivity contribution in [3.63, 3.8) is 0 Å². The van der Waals surface area contributed by atoms with Crippen LogP contribution in [0.4, 0.5) is 0 Å². The number of halogens is 2. The molecule has 0 spiro atoms. The Morgan fingerprint density at radius 1 is 0.402 bits per heavy atom. The van der Waals surface area contributed by atoms with Gasteiger partial charge in [-0.15, -0.1) is 23.2 Å². The van der Waals surface area contributed by atoms with Crippen LogP contribution in [0.1, 0.15) is 125 Å². The van der Waals surface area contributed by atoms with Crippen LogP contribution in [0.5, 0.6) is 0 Å². The number of hydrogen-bond acceptors (Lipinski definition) is 22. The summed E-state index contributed by atoms with van der Waals surface area (Å²) in [6.45, 7) is 44.5. The van der Waals surface area contributed by atoms with Gasteiger partial charge >= 0.3 is 35.8 Å². The summed E-state index contributed by atoms with van der Waals surface area (Å²) in [5, 5.41) is 13.7. The van der Waals surface area contributed by atoms with E-state index in [1.165, 1.54) is 0 Å². The summed E-state index contributed by atoms with van der Waals surface area (Å²) in [5.74, 6) is -1.02. The number of hydrogen-bond donors (Lipinski definition) is 2. The molecule has 3 aliphatic heterocycles. The molecular weight excluding hydrogens is 1100 g/mol. The molecule has 3 heterocycles. The molecule has 0 saturated carbocycles. The van der Waals surface area contributed by atoms with Crippen LogP contribution in [0.3, 0.4) is 0 Å². The number of nitrogens with one attached hydrogen (secondary N) is 1. The van der Waals surface area contributed by atoms with E-state index in [4.69, 9.17) is 56.4 Å². The highest BCUT2D eigenvalue weighted by molar-refractivity contribution is 6.18. The summed E-state index contributed by atoms with van der Waals surface area (Å²) >= 11 is 11.2. The van der Waals surface area contributed by atoms with Gasteiger partial charge in [0.15, 0.2) is 0 Å². The van der Waals surface area contributed by atoms with Crippen molar-refractivity contribution < 1.29 is 67.0 Å². The molecule has 3 saturated heterocycles. The van der Waals surface area contributed by atoms with E-state index < -0.39 is 39.7 Å². The minimum Gasteiger partial charge on any atom is -0.459 e. The number of β-amino-alcohol motifs (C(OH)–C–C–N with tert-alkyl or cyclic N) is 1. The first-order valence-electron chi connectivity index (χ1n) is 29.1. The third-order valence-corrected chi connectivity index (χ3v) is 12.2. The molecule has 2 N–H and O–H groups in total. The summed E-state index contributed by atoms with van der Waals surface area (Å²) in [7, 11) is 0. The van der Waals surface area contributed by atoms with E-state index in [0.717, 1.165) is 6.61 Å². The number of aliphatic hydroxyl groups is 1. The van der Waals surface area contributed by atoms with Gasteiger partial charge in [0.25, 0.3) is 0 Å². The van der Waals surface area contributed by atoms with Crippen LogP contribution in [-0.2, 0) is 61.9 Å². The number of alkyl halides is 2. The Morgan fingerprint density at radius 2 is 0.598 bits per heavy atom. The quantitative estimate of drug-likeness (QED) is 0.0965. The number of ether oxygens (including phenoxy) is 7. The first-order chi connectivity index (χ1) is 37.6.